The molecule has 2 aromatic carbocycles. The van der Waals surface area contributed by atoms with Crippen molar-refractivity contribution in [3.8, 4) is 0 Å². The van der Waals surface area contributed by atoms with E-state index in [1.807, 2.05) is 13.0 Å². The summed E-state index contributed by atoms with van der Waals surface area (Å²) in [6.45, 7) is 1.96. The molecule has 0 bridgehead atoms. The van der Waals surface area contributed by atoms with Gasteiger partial charge < -0.3 is 10.4 Å². The molecule has 0 saturated carbocycles. The Hall–Kier alpha value is -3.74. The van der Waals surface area contributed by atoms with Crippen molar-refractivity contribution in [2.24, 2.45) is 11.8 Å². The summed E-state index contributed by atoms with van der Waals surface area (Å²) >= 11 is 0. The smallest absolute Gasteiger partial charge is 0.335 e. The van der Waals surface area contributed by atoms with Crippen molar-refractivity contribution in [2.45, 2.75) is 19.8 Å². The number of amides is 3. The molecule has 2 aliphatic rings. The monoisotopic (exact) mass is 404 g/mol. The molecule has 7 nitrogen and oxygen atoms in total. The van der Waals surface area contributed by atoms with Crippen LogP contribution in [0.4, 0.5) is 11.4 Å². The summed E-state index contributed by atoms with van der Waals surface area (Å²) < 4.78 is 0. The molecular formula is C23H20N2O5. The largest absolute Gasteiger partial charge is 0.478 e. The van der Waals surface area contributed by atoms with Gasteiger partial charge in [0.15, 0.2) is 0 Å². The second kappa shape index (κ2) is 7.59. The number of carbonyl (C=O) groups excluding carboxylic acids is 3. The van der Waals surface area contributed by atoms with Crippen LogP contribution in [0.5, 0.6) is 0 Å². The summed E-state index contributed by atoms with van der Waals surface area (Å²) in [5, 5.41) is 11.7. The van der Waals surface area contributed by atoms with Crippen LogP contribution in [0, 0.1) is 11.8 Å². The minimum Gasteiger partial charge on any atom is -0.478 e. The van der Waals surface area contributed by atoms with E-state index < -0.39 is 11.9 Å². The van der Waals surface area contributed by atoms with E-state index in [-0.39, 0.29) is 34.8 Å². The van der Waals surface area contributed by atoms with E-state index in [2.05, 4.69) is 5.32 Å². The van der Waals surface area contributed by atoms with Gasteiger partial charge in [-0.05, 0) is 56.2 Å². The Labute approximate surface area is 173 Å². The van der Waals surface area contributed by atoms with Crippen molar-refractivity contribution >= 4 is 35.1 Å². The summed E-state index contributed by atoms with van der Waals surface area (Å²) in [5.41, 5.74) is 2.13. The highest BCUT2D eigenvalue weighted by atomic mass is 16.4. The summed E-state index contributed by atoms with van der Waals surface area (Å²) in [6, 6.07) is 12.2. The third kappa shape index (κ3) is 3.50. The number of carboxylic acid groups (broad SMARTS) is 1. The van der Waals surface area contributed by atoms with Gasteiger partial charge in [0.25, 0.3) is 5.91 Å². The standard InChI is InChI=1S/C23H20N2O5/c1-13-8-9-18-19(10-13)22(28)25(21(18)27)17-7-3-4-14(12-17)20(26)24-16-6-2-5-15(11-16)23(29)30/h2-8,11-12,18-19H,9-10H2,1H3,(H,24,26)(H,29,30)/t18-,19-/m0/s1. The number of anilines is 2. The molecular weight excluding hydrogens is 384 g/mol. The van der Waals surface area contributed by atoms with Crippen LogP contribution in [0.15, 0.2) is 60.2 Å². The molecule has 30 heavy (non-hydrogen) atoms. The molecule has 2 atom stereocenters. The molecule has 1 aliphatic carbocycles. The number of fused-ring (bicyclic) bond motifs is 1. The lowest BCUT2D eigenvalue weighted by Gasteiger charge is -2.18. The Morgan fingerprint density at radius 3 is 2.47 bits per heavy atom. The highest BCUT2D eigenvalue weighted by Crippen LogP contribution is 2.39. The lowest BCUT2D eigenvalue weighted by molar-refractivity contribution is -0.122. The van der Waals surface area contributed by atoms with Crippen LogP contribution >= 0.6 is 0 Å². The van der Waals surface area contributed by atoms with E-state index in [4.69, 9.17) is 5.11 Å². The molecule has 3 amide bonds. The number of nitrogens with zero attached hydrogens (tertiary/aromatic N) is 1. The molecule has 152 valence electrons. The maximum atomic E-state index is 12.9. The Morgan fingerprint density at radius 1 is 1.00 bits per heavy atom. The van der Waals surface area contributed by atoms with E-state index >= 15 is 0 Å². The average molecular weight is 404 g/mol. The summed E-state index contributed by atoms with van der Waals surface area (Å²) in [7, 11) is 0. The number of rotatable bonds is 4. The number of nitrogens with one attached hydrogen (secondary N) is 1. The SMILES string of the molecule is CC1=CC[C@@H]2C(=O)N(c3cccc(C(=O)Nc4cccc(C(=O)O)c4)c3)C(=O)[C@H]2C1. The van der Waals surface area contributed by atoms with Crippen molar-refractivity contribution in [3.05, 3.63) is 71.3 Å². The number of allylic oxidation sites excluding steroid dienone is 2. The Morgan fingerprint density at radius 2 is 1.70 bits per heavy atom. The van der Waals surface area contributed by atoms with Gasteiger partial charge in [-0.1, -0.05) is 23.8 Å². The third-order valence-electron chi connectivity index (χ3n) is 5.56. The molecule has 1 fully saturated rings. The molecule has 2 N–H and O–H groups in total. The van der Waals surface area contributed by atoms with Gasteiger partial charge in [-0.2, -0.15) is 0 Å². The fourth-order valence-corrected chi connectivity index (χ4v) is 4.01. The van der Waals surface area contributed by atoms with Crippen LogP contribution in [0.25, 0.3) is 0 Å². The number of aromatic carboxylic acids is 1. The quantitative estimate of drug-likeness (QED) is 0.600. The van der Waals surface area contributed by atoms with Crippen LogP contribution in [0.2, 0.25) is 0 Å². The molecule has 0 aromatic heterocycles. The number of carboxylic acids is 1. The molecule has 1 saturated heterocycles. The van der Waals surface area contributed by atoms with Gasteiger partial charge in [-0.25, -0.2) is 4.79 Å². The summed E-state index contributed by atoms with van der Waals surface area (Å²) in [6.07, 6.45) is 3.13. The van der Waals surface area contributed by atoms with E-state index in [0.717, 1.165) is 5.57 Å². The van der Waals surface area contributed by atoms with Gasteiger partial charge in [0, 0.05) is 11.3 Å². The summed E-state index contributed by atoms with van der Waals surface area (Å²) in [4.78, 5) is 50.7. The molecule has 2 aromatic rings. The number of carbonyl (C=O) groups is 4. The molecule has 7 heteroatoms. The second-order valence-corrected chi connectivity index (χ2v) is 7.61. The van der Waals surface area contributed by atoms with E-state index in [1.54, 1.807) is 24.3 Å². The molecule has 0 unspecified atom stereocenters. The molecule has 4 rings (SSSR count). The number of hydrogen-bond donors (Lipinski definition) is 2. The van der Waals surface area contributed by atoms with Crippen molar-refractivity contribution in [2.75, 3.05) is 10.2 Å². The lowest BCUT2D eigenvalue weighted by Crippen LogP contribution is -2.31. The van der Waals surface area contributed by atoms with Crippen LogP contribution in [-0.2, 0) is 9.59 Å². The fourth-order valence-electron chi connectivity index (χ4n) is 4.01. The highest BCUT2D eigenvalue weighted by Gasteiger charge is 2.48. The summed E-state index contributed by atoms with van der Waals surface area (Å²) in [5.74, 6) is -2.72. The van der Waals surface area contributed by atoms with E-state index in [9.17, 15) is 19.2 Å². The maximum Gasteiger partial charge on any atom is 0.335 e. The molecule has 0 radical (unpaired) electrons. The van der Waals surface area contributed by atoms with Gasteiger partial charge >= 0.3 is 5.97 Å². The fraction of sp³-hybridized carbons (Fsp3) is 0.217. The maximum absolute atomic E-state index is 12.9. The predicted octanol–water partition coefficient (Wildman–Crippen LogP) is 3.48. The topological polar surface area (TPSA) is 104 Å². The zero-order chi connectivity index (χ0) is 21.4. The van der Waals surface area contributed by atoms with Gasteiger partial charge in [-0.15, -0.1) is 0 Å². The lowest BCUT2D eigenvalue weighted by atomic mass is 9.82. The first-order valence-corrected chi connectivity index (χ1v) is 9.63. The minimum absolute atomic E-state index is 0.0568. The normalized spacial score (nSPS) is 20.6. The van der Waals surface area contributed by atoms with E-state index in [0.29, 0.717) is 24.2 Å². The van der Waals surface area contributed by atoms with Crippen molar-refractivity contribution in [3.63, 3.8) is 0 Å². The number of imide groups is 1. The molecule has 1 heterocycles. The minimum atomic E-state index is -1.09. The zero-order valence-corrected chi connectivity index (χ0v) is 16.3. The van der Waals surface area contributed by atoms with Gasteiger partial charge in [-0.3, -0.25) is 19.3 Å². The Balaban J connectivity index is 1.57. The Kier molecular flexibility index (Phi) is 4.95. The van der Waals surface area contributed by atoms with Crippen molar-refractivity contribution in [1.82, 2.24) is 0 Å². The predicted molar refractivity (Wildman–Crippen MR) is 110 cm³/mol. The number of hydrogen-bond acceptors (Lipinski definition) is 4. The van der Waals surface area contributed by atoms with Crippen LogP contribution in [0.3, 0.4) is 0 Å². The Bertz CT molecular complexity index is 1100. The van der Waals surface area contributed by atoms with Crippen LogP contribution < -0.4 is 10.2 Å². The number of benzene rings is 2. The van der Waals surface area contributed by atoms with Gasteiger partial charge in [0.1, 0.15) is 0 Å². The van der Waals surface area contributed by atoms with Crippen LogP contribution in [0.1, 0.15) is 40.5 Å². The highest BCUT2D eigenvalue weighted by molar-refractivity contribution is 6.22. The molecule has 0 spiro atoms. The first-order chi connectivity index (χ1) is 14.3. The average Bonchev–Trinajstić information content (AvgIpc) is 2.98. The van der Waals surface area contributed by atoms with Gasteiger partial charge in [0.05, 0.1) is 23.1 Å². The first kappa shape index (κ1) is 19.6. The van der Waals surface area contributed by atoms with Gasteiger partial charge in [0.2, 0.25) is 11.8 Å². The zero-order valence-electron chi connectivity index (χ0n) is 16.3. The second-order valence-electron chi connectivity index (χ2n) is 7.61. The van der Waals surface area contributed by atoms with Crippen molar-refractivity contribution < 1.29 is 24.3 Å². The third-order valence-corrected chi connectivity index (χ3v) is 5.56. The molecule has 1 aliphatic heterocycles. The van der Waals surface area contributed by atoms with Crippen molar-refractivity contribution in [1.29, 1.82) is 0 Å². The van der Waals surface area contributed by atoms with E-state index in [1.165, 1.54) is 29.2 Å². The first-order valence-electron chi connectivity index (χ1n) is 9.63. The van der Waals surface area contributed by atoms with Crippen LogP contribution in [-0.4, -0.2) is 28.8 Å².